The maximum absolute atomic E-state index is 4.99. The SMILES string of the molecule is C=C(/C=c1\c(=C)sc2ccccc12)C1=c2cc(N3c4ccccc4C(C)(C)c4ccccc43)cc/c2=C(\C(C)=C\c2c(C)sc3ccccc23)/C=C/C(N2c3ccccc3C(C)(C)c3ccccc32)CC=C1. The molecule has 2 aliphatic heterocycles. The van der Waals surface area contributed by atoms with Crippen LogP contribution < -0.4 is 30.0 Å². The van der Waals surface area contributed by atoms with Crippen molar-refractivity contribution in [1.29, 1.82) is 0 Å². The molecule has 0 bridgehead atoms. The molecule has 0 saturated carbocycles. The molecular formula is C68H58N2S2. The quantitative estimate of drug-likeness (QED) is 0.164. The number of nitrogens with zero attached hydrogens (tertiary/aromatic N) is 2. The van der Waals surface area contributed by atoms with Crippen LogP contribution >= 0.6 is 22.7 Å². The van der Waals surface area contributed by atoms with Gasteiger partial charge in [-0.25, -0.2) is 0 Å². The molecule has 4 heterocycles. The van der Waals surface area contributed by atoms with Crippen molar-refractivity contribution in [3.05, 3.63) is 259 Å². The predicted molar refractivity (Wildman–Crippen MR) is 314 cm³/mol. The van der Waals surface area contributed by atoms with Crippen LogP contribution in [0.15, 0.2) is 206 Å². The predicted octanol–water partition coefficient (Wildman–Crippen LogP) is 15.7. The first-order chi connectivity index (χ1) is 34.9. The summed E-state index contributed by atoms with van der Waals surface area (Å²) in [6.07, 6.45) is 15.1. The van der Waals surface area contributed by atoms with E-state index in [9.17, 15) is 0 Å². The number of benzene rings is 7. The largest absolute Gasteiger partial charge is 0.334 e. The number of thiophene rings is 2. The molecule has 9 aromatic rings. The molecule has 0 fully saturated rings. The summed E-state index contributed by atoms with van der Waals surface area (Å²) in [5, 5.41) is 5.90. The lowest BCUT2D eigenvalue weighted by Crippen LogP contribution is -2.38. The molecule has 4 heteroatoms. The normalized spacial score (nSPS) is 18.3. The highest BCUT2D eigenvalue weighted by Crippen LogP contribution is 2.52. The fourth-order valence-electron chi connectivity index (χ4n) is 11.9. The number of allylic oxidation sites excluding steroid dienone is 4. The Kier molecular flexibility index (Phi) is 11.2. The van der Waals surface area contributed by atoms with Crippen LogP contribution in [0, 0.1) is 6.92 Å². The molecule has 0 saturated heterocycles. The molecule has 1 atom stereocenters. The van der Waals surface area contributed by atoms with E-state index in [-0.39, 0.29) is 16.9 Å². The highest BCUT2D eigenvalue weighted by Gasteiger charge is 2.39. The summed E-state index contributed by atoms with van der Waals surface area (Å²) in [5.74, 6) is 0. The lowest BCUT2D eigenvalue weighted by molar-refractivity contribution is 0.614. The van der Waals surface area contributed by atoms with Crippen molar-refractivity contribution in [1.82, 2.24) is 0 Å². The summed E-state index contributed by atoms with van der Waals surface area (Å²) in [7, 11) is 0. The number of para-hydroxylation sites is 4. The standard InChI is InChI=1S/C68H58N2S2/c1-43(40-54-45(3)71-65-34-19-9-23-52(54)65)49-25-21-22-47(69-61-30-15-11-26-57(61)67(5,6)58-27-12-16-31-62(58)69)36-38-50(44(2)41-55-46(4)72-66-35-20-10-24-53(55)66)51-39-37-48(42-56(49)51)70-63-32-17-13-28-59(63)68(7,8)60-29-14-18-33-64(60)70/h9-21,23-42,47H,1,3,22H2,2,4-8H3/b25-21?,38-36+,44-41+,51-50+,54-40+,56-49?. The van der Waals surface area contributed by atoms with Crippen molar-refractivity contribution in [2.24, 2.45) is 0 Å². The van der Waals surface area contributed by atoms with Crippen LogP contribution in [0.2, 0.25) is 0 Å². The minimum atomic E-state index is -0.179. The molecule has 0 spiro atoms. The van der Waals surface area contributed by atoms with Gasteiger partial charge in [-0.3, -0.25) is 0 Å². The van der Waals surface area contributed by atoms with Crippen LogP contribution in [0.1, 0.15) is 73.7 Å². The summed E-state index contributed by atoms with van der Waals surface area (Å²) >= 11 is 3.61. The zero-order chi connectivity index (χ0) is 49.5. The number of hydrogen-bond acceptors (Lipinski definition) is 4. The smallest absolute Gasteiger partial charge is 0.0560 e. The van der Waals surface area contributed by atoms with Gasteiger partial charge in [0.15, 0.2) is 0 Å². The van der Waals surface area contributed by atoms with Crippen LogP contribution in [0.4, 0.5) is 28.4 Å². The molecule has 72 heavy (non-hydrogen) atoms. The fraction of sp³-hybridized carbons (Fsp3) is 0.147. The molecule has 2 aromatic heterocycles. The highest BCUT2D eigenvalue weighted by atomic mass is 32.1. The van der Waals surface area contributed by atoms with E-state index in [1.54, 1.807) is 11.3 Å². The number of anilines is 5. The summed E-state index contributed by atoms with van der Waals surface area (Å²) in [6.45, 7) is 23.6. The van der Waals surface area contributed by atoms with Gasteiger partial charge in [0.2, 0.25) is 0 Å². The Morgan fingerprint density at radius 1 is 0.597 bits per heavy atom. The van der Waals surface area contributed by atoms with E-state index in [0.717, 1.165) is 43.4 Å². The van der Waals surface area contributed by atoms with Gasteiger partial charge < -0.3 is 9.80 Å². The Labute approximate surface area is 431 Å². The molecule has 1 unspecified atom stereocenters. The van der Waals surface area contributed by atoms with Crippen molar-refractivity contribution in [2.75, 3.05) is 9.80 Å². The summed E-state index contributed by atoms with van der Waals surface area (Å²) in [5.41, 5.74) is 16.6. The minimum absolute atomic E-state index is 0.0116. The van der Waals surface area contributed by atoms with Crippen LogP contribution in [0.3, 0.4) is 0 Å². The minimum Gasteiger partial charge on any atom is -0.334 e. The van der Waals surface area contributed by atoms with Crippen molar-refractivity contribution >= 4 is 101 Å². The van der Waals surface area contributed by atoms with Crippen LogP contribution in [-0.2, 0) is 10.8 Å². The Bertz CT molecular complexity index is 3960. The van der Waals surface area contributed by atoms with Gasteiger partial charge in [0.1, 0.15) is 0 Å². The molecule has 7 aromatic carbocycles. The van der Waals surface area contributed by atoms with Crippen LogP contribution in [0.5, 0.6) is 0 Å². The molecule has 1 aliphatic carbocycles. The molecule has 3 aliphatic rings. The summed E-state index contributed by atoms with van der Waals surface area (Å²) < 4.78 is 3.57. The zero-order valence-electron chi connectivity index (χ0n) is 42.0. The Hall–Kier alpha value is -7.50. The van der Waals surface area contributed by atoms with Gasteiger partial charge in [-0.05, 0) is 147 Å². The second-order valence-electron chi connectivity index (χ2n) is 20.6. The molecule has 352 valence electrons. The Balaban J connectivity index is 1.17. The maximum atomic E-state index is 4.99. The summed E-state index contributed by atoms with van der Waals surface area (Å²) in [4.78, 5) is 6.38. The molecular weight excluding hydrogens is 909 g/mol. The van der Waals surface area contributed by atoms with Crippen molar-refractivity contribution in [3.63, 3.8) is 0 Å². The zero-order valence-corrected chi connectivity index (χ0v) is 43.6. The third-order valence-corrected chi connectivity index (χ3v) is 17.8. The Morgan fingerprint density at radius 3 is 1.75 bits per heavy atom. The van der Waals surface area contributed by atoms with Crippen molar-refractivity contribution in [3.8, 4) is 0 Å². The summed E-state index contributed by atoms with van der Waals surface area (Å²) in [6, 6.07) is 60.5. The number of fused-ring (bicyclic) bond motifs is 7. The third kappa shape index (κ3) is 7.42. The van der Waals surface area contributed by atoms with E-state index in [1.165, 1.54) is 86.8 Å². The second kappa shape index (κ2) is 17.7. The maximum Gasteiger partial charge on any atom is 0.0560 e. The number of aryl methyl sites for hydroxylation is 1. The average molecular weight is 967 g/mol. The van der Waals surface area contributed by atoms with Crippen LogP contribution in [0.25, 0.3) is 50.0 Å². The van der Waals surface area contributed by atoms with Crippen molar-refractivity contribution < 1.29 is 0 Å². The van der Waals surface area contributed by atoms with Gasteiger partial charge >= 0.3 is 0 Å². The van der Waals surface area contributed by atoms with Gasteiger partial charge in [-0.1, -0.05) is 180 Å². The van der Waals surface area contributed by atoms with Gasteiger partial charge in [0.25, 0.3) is 0 Å². The Morgan fingerprint density at radius 2 is 1.12 bits per heavy atom. The monoisotopic (exact) mass is 966 g/mol. The lowest BCUT2D eigenvalue weighted by Gasteiger charge is -2.44. The number of rotatable bonds is 6. The number of hydrogen-bond donors (Lipinski definition) is 0. The lowest BCUT2D eigenvalue weighted by atomic mass is 9.73. The van der Waals surface area contributed by atoms with E-state index < -0.39 is 0 Å². The fourth-order valence-corrected chi connectivity index (χ4v) is 13.9. The van der Waals surface area contributed by atoms with E-state index in [4.69, 9.17) is 6.58 Å². The van der Waals surface area contributed by atoms with E-state index in [0.29, 0.717) is 0 Å². The highest BCUT2D eigenvalue weighted by molar-refractivity contribution is 7.19. The molecule has 2 nitrogen and oxygen atoms in total. The topological polar surface area (TPSA) is 6.48 Å². The molecule has 0 N–H and O–H groups in total. The first kappa shape index (κ1) is 45.6. The molecule has 0 radical (unpaired) electrons. The van der Waals surface area contributed by atoms with E-state index in [2.05, 4.69) is 258 Å². The molecule has 12 rings (SSSR count). The van der Waals surface area contributed by atoms with Crippen LogP contribution in [-0.4, -0.2) is 6.04 Å². The average Bonchev–Trinajstić information content (AvgIpc) is 3.88. The van der Waals surface area contributed by atoms with E-state index in [1.807, 2.05) is 11.3 Å². The first-order valence-electron chi connectivity index (χ1n) is 25.2. The van der Waals surface area contributed by atoms with Gasteiger partial charge in [0, 0.05) is 57.3 Å². The van der Waals surface area contributed by atoms with Gasteiger partial charge in [-0.15, -0.1) is 22.7 Å². The van der Waals surface area contributed by atoms with Gasteiger partial charge in [-0.2, -0.15) is 0 Å². The first-order valence-corrected chi connectivity index (χ1v) is 26.8. The molecule has 0 amide bonds. The van der Waals surface area contributed by atoms with Crippen molar-refractivity contribution in [2.45, 2.75) is 64.8 Å². The third-order valence-electron chi connectivity index (χ3n) is 15.6. The van der Waals surface area contributed by atoms with Gasteiger partial charge in [0.05, 0.1) is 17.4 Å². The second-order valence-corrected chi connectivity index (χ2v) is 23.0. The van der Waals surface area contributed by atoms with E-state index >= 15 is 0 Å².